The van der Waals surface area contributed by atoms with Gasteiger partial charge in [-0.3, -0.25) is 9.48 Å². The molecular weight excluding hydrogens is 220 g/mol. The molecule has 6 nitrogen and oxygen atoms in total. The number of aryl methyl sites for hydroxylation is 1. The highest BCUT2D eigenvalue weighted by molar-refractivity contribution is 5.95. The highest BCUT2D eigenvalue weighted by Gasteiger charge is 2.32. The van der Waals surface area contributed by atoms with Crippen LogP contribution in [0, 0.1) is 6.92 Å². The molecule has 1 saturated heterocycles. The summed E-state index contributed by atoms with van der Waals surface area (Å²) in [5.41, 5.74) is 1.43. The van der Waals surface area contributed by atoms with Crippen molar-refractivity contribution < 1.29 is 9.90 Å². The van der Waals surface area contributed by atoms with Crippen molar-refractivity contribution in [3.8, 4) is 0 Å². The molecule has 2 atom stereocenters. The van der Waals surface area contributed by atoms with Gasteiger partial charge in [0.25, 0.3) is 5.91 Å². The van der Waals surface area contributed by atoms with E-state index in [0.29, 0.717) is 18.7 Å². The molecule has 0 spiro atoms. The molecule has 2 rings (SSSR count). The summed E-state index contributed by atoms with van der Waals surface area (Å²) in [5.74, 6) is -0.0941. The summed E-state index contributed by atoms with van der Waals surface area (Å²) < 4.78 is 1.67. The first-order chi connectivity index (χ1) is 8.02. The third-order valence-electron chi connectivity index (χ3n) is 3.43. The maximum atomic E-state index is 12.2. The van der Waals surface area contributed by atoms with Gasteiger partial charge in [-0.15, -0.1) is 0 Å². The van der Waals surface area contributed by atoms with E-state index in [1.165, 1.54) is 0 Å². The lowest BCUT2D eigenvalue weighted by Gasteiger charge is -2.26. The number of aliphatic hydroxyl groups is 1. The van der Waals surface area contributed by atoms with Gasteiger partial charge in [0.05, 0.1) is 23.9 Å². The minimum absolute atomic E-state index is 0.0941. The fraction of sp³-hybridized carbons (Fsp3) is 0.636. The number of rotatable bonds is 2. The second-order valence-electron chi connectivity index (χ2n) is 4.48. The number of carbonyl (C=O) groups is 1. The molecule has 1 aliphatic rings. The molecule has 1 amide bonds. The molecule has 94 valence electrons. The summed E-state index contributed by atoms with van der Waals surface area (Å²) in [4.78, 5) is 13.8. The van der Waals surface area contributed by atoms with Crippen molar-refractivity contribution in [1.82, 2.24) is 20.0 Å². The Balaban J connectivity index is 2.17. The average Bonchev–Trinajstić information content (AvgIpc) is 2.86. The van der Waals surface area contributed by atoms with Crippen molar-refractivity contribution in [3.63, 3.8) is 0 Å². The van der Waals surface area contributed by atoms with Gasteiger partial charge in [0.15, 0.2) is 0 Å². The van der Waals surface area contributed by atoms with Crippen LogP contribution >= 0.6 is 0 Å². The molecular formula is C11H18N4O2. The second-order valence-corrected chi connectivity index (χ2v) is 4.48. The minimum Gasteiger partial charge on any atom is -0.390 e. The van der Waals surface area contributed by atoms with Gasteiger partial charge < -0.3 is 15.3 Å². The topological polar surface area (TPSA) is 70.4 Å². The number of aromatic nitrogens is 2. The van der Waals surface area contributed by atoms with E-state index in [1.807, 2.05) is 6.92 Å². The van der Waals surface area contributed by atoms with Crippen LogP contribution in [0.25, 0.3) is 0 Å². The molecule has 0 bridgehead atoms. The molecule has 17 heavy (non-hydrogen) atoms. The number of hydrogen-bond donors (Lipinski definition) is 2. The number of likely N-dealkylation sites (N-methyl/N-ethyl adjacent to an activating group) is 1. The van der Waals surface area contributed by atoms with Crippen LogP contribution in [0.1, 0.15) is 16.1 Å². The lowest BCUT2D eigenvalue weighted by Crippen LogP contribution is -2.44. The van der Waals surface area contributed by atoms with Gasteiger partial charge in [-0.05, 0) is 6.92 Å². The quantitative estimate of drug-likeness (QED) is 0.703. The molecule has 2 heterocycles. The molecule has 0 aliphatic carbocycles. The SMILES string of the molecule is Cc1c(C(=O)N(C)[C@H]2CNC[C@@H]2O)cnn1C. The third kappa shape index (κ3) is 2.05. The lowest BCUT2D eigenvalue weighted by atomic mass is 10.1. The fourth-order valence-electron chi connectivity index (χ4n) is 2.10. The Labute approximate surface area is 100 Å². The van der Waals surface area contributed by atoms with Crippen molar-refractivity contribution in [1.29, 1.82) is 0 Å². The molecule has 2 N–H and O–H groups in total. The third-order valence-corrected chi connectivity index (χ3v) is 3.43. The molecule has 1 aromatic rings. The van der Waals surface area contributed by atoms with Crippen LogP contribution in [0.15, 0.2) is 6.20 Å². The molecule has 1 fully saturated rings. The summed E-state index contributed by atoms with van der Waals surface area (Å²) in [5, 5.41) is 16.9. The minimum atomic E-state index is -0.499. The van der Waals surface area contributed by atoms with Crippen molar-refractivity contribution >= 4 is 5.91 Å². The Kier molecular flexibility index (Phi) is 3.17. The van der Waals surface area contributed by atoms with Gasteiger partial charge >= 0.3 is 0 Å². The van der Waals surface area contributed by atoms with Crippen molar-refractivity contribution in [2.45, 2.75) is 19.1 Å². The van der Waals surface area contributed by atoms with Crippen LogP contribution in [0.3, 0.4) is 0 Å². The first-order valence-electron chi connectivity index (χ1n) is 5.67. The predicted octanol–water partition coefficient (Wildman–Crippen LogP) is -0.867. The van der Waals surface area contributed by atoms with Crippen LogP contribution in [0.4, 0.5) is 0 Å². The highest BCUT2D eigenvalue weighted by atomic mass is 16.3. The molecule has 1 aromatic heterocycles. The summed E-state index contributed by atoms with van der Waals surface area (Å²) >= 11 is 0. The van der Waals surface area contributed by atoms with E-state index in [4.69, 9.17) is 0 Å². The first-order valence-corrected chi connectivity index (χ1v) is 5.67. The van der Waals surface area contributed by atoms with E-state index in [1.54, 1.807) is 29.9 Å². The van der Waals surface area contributed by atoms with Crippen molar-refractivity contribution in [2.75, 3.05) is 20.1 Å². The number of β-amino-alcohol motifs (C(OH)–C–C–N with tert-alkyl or cyclic N) is 1. The maximum Gasteiger partial charge on any atom is 0.257 e. The monoisotopic (exact) mass is 238 g/mol. The van der Waals surface area contributed by atoms with Gasteiger partial charge in [-0.25, -0.2) is 0 Å². The van der Waals surface area contributed by atoms with Crippen molar-refractivity contribution in [2.24, 2.45) is 7.05 Å². The van der Waals surface area contributed by atoms with Crippen molar-refractivity contribution in [3.05, 3.63) is 17.5 Å². The standard InChI is InChI=1S/C11H18N4O2/c1-7-8(4-13-15(7)3)11(17)14(2)9-5-12-6-10(9)16/h4,9-10,12,16H,5-6H2,1-3H3/t9-,10-/m0/s1. The van der Waals surface area contributed by atoms with E-state index in [0.717, 1.165) is 5.69 Å². The molecule has 0 aromatic carbocycles. The van der Waals surface area contributed by atoms with E-state index < -0.39 is 6.10 Å². The molecule has 0 radical (unpaired) electrons. The summed E-state index contributed by atoms with van der Waals surface area (Å²) in [6.07, 6.45) is 1.07. The Morgan fingerprint density at radius 3 is 2.82 bits per heavy atom. The van der Waals surface area contributed by atoms with Crippen LogP contribution in [0.5, 0.6) is 0 Å². The summed E-state index contributed by atoms with van der Waals surface area (Å²) in [7, 11) is 3.52. The number of carbonyl (C=O) groups excluding carboxylic acids is 1. The van der Waals surface area contributed by atoms with Crippen LogP contribution in [-0.2, 0) is 7.05 Å². The molecule has 0 unspecified atom stereocenters. The summed E-state index contributed by atoms with van der Waals surface area (Å²) in [6, 6.07) is -0.165. The van der Waals surface area contributed by atoms with E-state index in [9.17, 15) is 9.90 Å². The van der Waals surface area contributed by atoms with E-state index in [-0.39, 0.29) is 11.9 Å². The lowest BCUT2D eigenvalue weighted by molar-refractivity contribution is 0.0580. The predicted molar refractivity (Wildman–Crippen MR) is 62.7 cm³/mol. The van der Waals surface area contributed by atoms with E-state index in [2.05, 4.69) is 10.4 Å². The zero-order valence-corrected chi connectivity index (χ0v) is 10.3. The van der Waals surface area contributed by atoms with Crippen LogP contribution < -0.4 is 5.32 Å². The van der Waals surface area contributed by atoms with Crippen LogP contribution in [-0.4, -0.2) is 58.0 Å². The normalized spacial score (nSPS) is 24.0. The number of aliphatic hydroxyl groups excluding tert-OH is 1. The smallest absolute Gasteiger partial charge is 0.257 e. The number of nitrogens with one attached hydrogen (secondary N) is 1. The number of hydrogen-bond acceptors (Lipinski definition) is 4. The Morgan fingerprint density at radius 2 is 2.35 bits per heavy atom. The van der Waals surface area contributed by atoms with Gasteiger partial charge in [0, 0.05) is 32.9 Å². The highest BCUT2D eigenvalue weighted by Crippen LogP contribution is 2.14. The Morgan fingerprint density at radius 1 is 1.65 bits per heavy atom. The fourth-order valence-corrected chi connectivity index (χ4v) is 2.10. The average molecular weight is 238 g/mol. The van der Waals surface area contributed by atoms with Gasteiger partial charge in [0.1, 0.15) is 0 Å². The Bertz CT molecular complexity index is 429. The first kappa shape index (κ1) is 12.1. The van der Waals surface area contributed by atoms with Gasteiger partial charge in [0.2, 0.25) is 0 Å². The number of amides is 1. The molecule has 0 saturated carbocycles. The van der Waals surface area contributed by atoms with E-state index >= 15 is 0 Å². The largest absolute Gasteiger partial charge is 0.390 e. The molecule has 6 heteroatoms. The maximum absolute atomic E-state index is 12.2. The summed E-state index contributed by atoms with van der Waals surface area (Å²) in [6.45, 7) is 3.02. The molecule has 1 aliphatic heterocycles. The second kappa shape index (κ2) is 4.46. The number of nitrogens with zero attached hydrogens (tertiary/aromatic N) is 3. The van der Waals surface area contributed by atoms with Crippen LogP contribution in [0.2, 0.25) is 0 Å². The Hall–Kier alpha value is -1.40. The zero-order chi connectivity index (χ0) is 12.6. The van der Waals surface area contributed by atoms with Gasteiger partial charge in [-0.1, -0.05) is 0 Å². The zero-order valence-electron chi connectivity index (χ0n) is 10.3. The van der Waals surface area contributed by atoms with Gasteiger partial charge in [-0.2, -0.15) is 5.10 Å².